The normalized spacial score (nSPS) is 13.1. The van der Waals surface area contributed by atoms with Crippen molar-refractivity contribution < 1.29 is 42.9 Å². The average molecular weight is 808 g/mol. The summed E-state index contributed by atoms with van der Waals surface area (Å²) in [7, 11) is 5.91. The number of likely N-dealkylation sites (N-methyl/N-ethyl adjacent to an activating group) is 1. The van der Waals surface area contributed by atoms with E-state index in [-0.39, 0.29) is 32.2 Å². The molecule has 0 aromatic rings. The van der Waals surface area contributed by atoms with Gasteiger partial charge in [-0.05, 0) is 44.9 Å². The molecule has 0 saturated carbocycles. The quantitative estimate of drug-likeness (QED) is 0.0197. The molecule has 0 N–H and O–H groups in total. The van der Waals surface area contributed by atoms with Crippen LogP contribution in [0.25, 0.3) is 0 Å². The molecule has 0 spiro atoms. The van der Waals surface area contributed by atoms with Crippen LogP contribution in [0.3, 0.4) is 0 Å². The fourth-order valence-corrected chi connectivity index (χ4v) is 6.51. The van der Waals surface area contributed by atoms with Gasteiger partial charge in [-0.3, -0.25) is 9.59 Å². The van der Waals surface area contributed by atoms with Gasteiger partial charge in [0.05, 0.1) is 40.3 Å². The van der Waals surface area contributed by atoms with E-state index in [4.69, 9.17) is 18.9 Å². The first-order valence-electron chi connectivity index (χ1n) is 23.5. The van der Waals surface area contributed by atoms with Crippen molar-refractivity contribution in [1.82, 2.24) is 0 Å². The molecule has 334 valence electrons. The van der Waals surface area contributed by atoms with Gasteiger partial charge in [-0.2, -0.15) is 0 Å². The SMILES string of the molecule is CCCCC/C=C\C/C=C\CCCCCCCCCCCC(=O)OC(COC(=O)CCCCCCCCCCCCCCC)COC(OCC[N+](C)(C)C)C(=O)[O-]. The molecule has 57 heavy (non-hydrogen) atoms. The number of nitrogens with zero attached hydrogens (tertiary/aromatic N) is 1. The van der Waals surface area contributed by atoms with Gasteiger partial charge in [0, 0.05) is 12.8 Å². The fourth-order valence-electron chi connectivity index (χ4n) is 6.51. The summed E-state index contributed by atoms with van der Waals surface area (Å²) in [5, 5.41) is 11.7. The molecule has 2 atom stereocenters. The lowest BCUT2D eigenvalue weighted by molar-refractivity contribution is -0.870. The maximum absolute atomic E-state index is 12.8. The van der Waals surface area contributed by atoms with Crippen molar-refractivity contribution in [3.8, 4) is 0 Å². The predicted molar refractivity (Wildman–Crippen MR) is 233 cm³/mol. The van der Waals surface area contributed by atoms with E-state index in [1.54, 1.807) is 0 Å². The Hall–Kier alpha value is -2.23. The molecule has 0 aliphatic heterocycles. The molecule has 0 rings (SSSR count). The Balaban J connectivity index is 4.38. The second-order valence-electron chi connectivity index (χ2n) is 17.1. The number of unbranched alkanes of at least 4 members (excludes halogenated alkanes) is 24. The third-order valence-electron chi connectivity index (χ3n) is 10.2. The van der Waals surface area contributed by atoms with Crippen molar-refractivity contribution in [1.29, 1.82) is 0 Å². The van der Waals surface area contributed by atoms with Crippen LogP contribution in [0.5, 0.6) is 0 Å². The van der Waals surface area contributed by atoms with Gasteiger partial charge in [0.15, 0.2) is 12.4 Å². The molecule has 0 bridgehead atoms. The predicted octanol–water partition coefficient (Wildman–Crippen LogP) is 11.1. The molecule has 0 aromatic carbocycles. The van der Waals surface area contributed by atoms with Crippen molar-refractivity contribution in [3.63, 3.8) is 0 Å². The number of hydrogen-bond acceptors (Lipinski definition) is 8. The molecule has 0 aliphatic rings. The van der Waals surface area contributed by atoms with Gasteiger partial charge < -0.3 is 33.3 Å². The lowest BCUT2D eigenvalue weighted by Crippen LogP contribution is -2.44. The Morgan fingerprint density at radius 1 is 0.526 bits per heavy atom. The third-order valence-corrected chi connectivity index (χ3v) is 10.2. The second kappa shape index (κ2) is 40.5. The zero-order valence-corrected chi connectivity index (χ0v) is 37.7. The number of allylic oxidation sites excluding steroid dienone is 4. The van der Waals surface area contributed by atoms with E-state index in [0.29, 0.717) is 23.9 Å². The maximum atomic E-state index is 12.8. The van der Waals surface area contributed by atoms with E-state index >= 15 is 0 Å². The molecule has 0 heterocycles. The Morgan fingerprint density at radius 2 is 0.947 bits per heavy atom. The number of aliphatic carboxylic acids is 1. The van der Waals surface area contributed by atoms with Crippen LogP contribution in [0.2, 0.25) is 0 Å². The number of carbonyl (C=O) groups is 3. The summed E-state index contributed by atoms with van der Waals surface area (Å²) in [6.45, 7) is 4.72. The van der Waals surface area contributed by atoms with Crippen LogP contribution in [0.1, 0.15) is 206 Å². The van der Waals surface area contributed by atoms with Crippen molar-refractivity contribution >= 4 is 17.9 Å². The Bertz CT molecular complexity index is 991. The minimum absolute atomic E-state index is 0.149. The molecule has 0 aromatic heterocycles. The molecule has 0 amide bonds. The number of hydrogen-bond donors (Lipinski definition) is 0. The topological polar surface area (TPSA) is 111 Å². The fraction of sp³-hybridized carbons (Fsp3) is 0.854. The summed E-state index contributed by atoms with van der Waals surface area (Å²) in [6, 6.07) is 0. The standard InChI is InChI=1S/C48H89NO8/c1-6-8-10-12-14-16-18-20-21-22-23-24-25-27-29-31-33-35-37-39-46(51)57-44(43-56-48(47(52)53)54-41-40-49(3,4)5)42-55-45(50)38-36-34-32-30-28-26-19-17-15-13-11-9-7-2/h14,16,20-21,44,48H,6-13,15,17-19,22-43H2,1-5H3/b16-14-,21-20-. The molecular weight excluding hydrogens is 719 g/mol. The van der Waals surface area contributed by atoms with Crippen LogP contribution >= 0.6 is 0 Å². The summed E-state index contributed by atoms with van der Waals surface area (Å²) in [6.07, 6.45) is 40.6. The number of rotatable bonds is 43. The first-order valence-corrected chi connectivity index (χ1v) is 23.5. The minimum Gasteiger partial charge on any atom is -0.545 e. The zero-order chi connectivity index (χ0) is 42.1. The molecule has 0 fully saturated rings. The lowest BCUT2D eigenvalue weighted by Gasteiger charge is -2.26. The van der Waals surface area contributed by atoms with Gasteiger partial charge >= 0.3 is 11.9 Å². The highest BCUT2D eigenvalue weighted by Gasteiger charge is 2.21. The number of ether oxygens (including phenoxy) is 4. The number of carboxylic acid groups (broad SMARTS) is 1. The summed E-state index contributed by atoms with van der Waals surface area (Å²) >= 11 is 0. The van der Waals surface area contributed by atoms with Crippen molar-refractivity contribution in [2.24, 2.45) is 0 Å². The smallest absolute Gasteiger partial charge is 0.306 e. The summed E-state index contributed by atoms with van der Waals surface area (Å²) < 4.78 is 22.6. The highest BCUT2D eigenvalue weighted by atomic mass is 16.7. The second-order valence-corrected chi connectivity index (χ2v) is 17.1. The minimum atomic E-state index is -1.62. The average Bonchev–Trinajstić information content (AvgIpc) is 3.17. The highest BCUT2D eigenvalue weighted by molar-refractivity contribution is 5.70. The first kappa shape index (κ1) is 54.8. The Morgan fingerprint density at radius 3 is 1.42 bits per heavy atom. The molecule has 2 unspecified atom stereocenters. The third kappa shape index (κ3) is 41.7. The van der Waals surface area contributed by atoms with Gasteiger partial charge in [0.2, 0.25) is 0 Å². The monoisotopic (exact) mass is 808 g/mol. The molecule has 0 aliphatic carbocycles. The van der Waals surface area contributed by atoms with Gasteiger partial charge in [-0.25, -0.2) is 0 Å². The summed E-state index contributed by atoms with van der Waals surface area (Å²) in [5.41, 5.74) is 0. The first-order chi connectivity index (χ1) is 27.6. The number of carbonyl (C=O) groups excluding carboxylic acids is 3. The number of quaternary nitrogens is 1. The van der Waals surface area contributed by atoms with Crippen LogP contribution in [-0.2, 0) is 33.3 Å². The van der Waals surface area contributed by atoms with Crippen molar-refractivity contribution in [2.45, 2.75) is 219 Å². The highest BCUT2D eigenvalue weighted by Crippen LogP contribution is 2.15. The van der Waals surface area contributed by atoms with E-state index in [1.807, 2.05) is 21.1 Å². The van der Waals surface area contributed by atoms with E-state index < -0.39 is 24.3 Å². The van der Waals surface area contributed by atoms with Crippen LogP contribution in [-0.4, -0.2) is 82.3 Å². The van der Waals surface area contributed by atoms with Gasteiger partial charge in [-0.15, -0.1) is 0 Å². The Kier molecular flexibility index (Phi) is 39.0. The molecule has 0 radical (unpaired) electrons. The number of esters is 2. The lowest BCUT2D eigenvalue weighted by atomic mass is 10.0. The maximum Gasteiger partial charge on any atom is 0.306 e. The summed E-state index contributed by atoms with van der Waals surface area (Å²) in [5.74, 6) is -2.28. The largest absolute Gasteiger partial charge is 0.545 e. The van der Waals surface area contributed by atoms with E-state index in [0.717, 1.165) is 51.4 Å². The summed E-state index contributed by atoms with van der Waals surface area (Å²) in [4.78, 5) is 37.0. The Labute approximate surface area is 350 Å². The zero-order valence-electron chi connectivity index (χ0n) is 37.7. The van der Waals surface area contributed by atoms with Crippen LogP contribution in [0.4, 0.5) is 0 Å². The van der Waals surface area contributed by atoms with Crippen LogP contribution in [0, 0.1) is 0 Å². The van der Waals surface area contributed by atoms with Gasteiger partial charge in [0.1, 0.15) is 13.2 Å². The van der Waals surface area contributed by atoms with Gasteiger partial charge in [-0.1, -0.05) is 173 Å². The molecular formula is C48H89NO8. The van der Waals surface area contributed by atoms with Gasteiger partial charge in [0.25, 0.3) is 0 Å². The van der Waals surface area contributed by atoms with E-state index in [9.17, 15) is 19.5 Å². The molecule has 0 saturated heterocycles. The van der Waals surface area contributed by atoms with Crippen molar-refractivity contribution in [3.05, 3.63) is 24.3 Å². The van der Waals surface area contributed by atoms with E-state index in [1.165, 1.54) is 122 Å². The molecule has 9 heteroatoms. The van der Waals surface area contributed by atoms with Crippen LogP contribution < -0.4 is 5.11 Å². The van der Waals surface area contributed by atoms with Crippen LogP contribution in [0.15, 0.2) is 24.3 Å². The number of carboxylic acids is 1. The van der Waals surface area contributed by atoms with Crippen molar-refractivity contribution in [2.75, 3.05) is 47.5 Å². The van der Waals surface area contributed by atoms with E-state index in [2.05, 4.69) is 38.2 Å². The molecule has 9 nitrogen and oxygen atoms in total.